The maximum atomic E-state index is 12.3. The Morgan fingerprint density at radius 1 is 1.45 bits per heavy atom. The zero-order valence-electron chi connectivity index (χ0n) is 12.3. The molecular weight excluding hydrogens is 256 g/mol. The molecule has 20 heavy (non-hydrogen) atoms. The summed E-state index contributed by atoms with van der Waals surface area (Å²) in [7, 11) is 0. The first-order valence-corrected chi connectivity index (χ1v) is 6.97. The van der Waals surface area contributed by atoms with E-state index in [-0.39, 0.29) is 11.5 Å². The molecular formula is C15H22N2O3. The maximum Gasteiger partial charge on any atom is 0.255 e. The second-order valence-electron chi connectivity index (χ2n) is 6.15. The highest BCUT2D eigenvalue weighted by molar-refractivity contribution is 5.94. The Morgan fingerprint density at radius 2 is 2.20 bits per heavy atom. The second-order valence-corrected chi connectivity index (χ2v) is 6.15. The van der Waals surface area contributed by atoms with Gasteiger partial charge in [0.25, 0.3) is 5.91 Å². The molecule has 1 aromatic heterocycles. The maximum absolute atomic E-state index is 12.3. The molecule has 2 rings (SSSR count). The van der Waals surface area contributed by atoms with Gasteiger partial charge in [-0.15, -0.1) is 0 Å². The molecule has 0 bridgehead atoms. The number of aliphatic hydroxyl groups excluding tert-OH is 1. The fraction of sp³-hybridized carbons (Fsp3) is 0.600. The molecule has 0 radical (unpaired) electrons. The quantitative estimate of drug-likeness (QED) is 0.897. The van der Waals surface area contributed by atoms with Gasteiger partial charge in [0, 0.05) is 25.4 Å². The fourth-order valence-corrected chi connectivity index (χ4v) is 2.20. The van der Waals surface area contributed by atoms with E-state index in [0.29, 0.717) is 24.5 Å². The largest absolute Gasteiger partial charge is 0.472 e. The predicted octanol–water partition coefficient (Wildman–Crippen LogP) is 1.86. The smallest absolute Gasteiger partial charge is 0.255 e. The molecule has 1 aliphatic rings. The zero-order chi connectivity index (χ0) is 14.8. The van der Waals surface area contributed by atoms with E-state index in [1.165, 1.54) is 6.20 Å². The summed E-state index contributed by atoms with van der Waals surface area (Å²) in [4.78, 5) is 18.1. The van der Waals surface area contributed by atoms with Crippen molar-refractivity contribution in [3.05, 3.63) is 23.9 Å². The van der Waals surface area contributed by atoms with Crippen LogP contribution in [0.4, 0.5) is 0 Å². The van der Waals surface area contributed by atoms with E-state index in [0.717, 1.165) is 12.8 Å². The van der Waals surface area contributed by atoms with Gasteiger partial charge in [0.15, 0.2) is 0 Å². The molecule has 0 aromatic carbocycles. The minimum atomic E-state index is -0.413. The summed E-state index contributed by atoms with van der Waals surface area (Å²) in [5.74, 6) is 0.422. The first-order chi connectivity index (χ1) is 9.35. The lowest BCUT2D eigenvalue weighted by Gasteiger charge is -2.30. The summed E-state index contributed by atoms with van der Waals surface area (Å²) >= 11 is 0. The van der Waals surface area contributed by atoms with Crippen LogP contribution in [0.1, 0.15) is 44.0 Å². The van der Waals surface area contributed by atoms with Crippen LogP contribution < -0.4 is 4.74 Å². The Morgan fingerprint density at radius 3 is 2.75 bits per heavy atom. The predicted molar refractivity (Wildman–Crippen MR) is 75.8 cm³/mol. The minimum absolute atomic E-state index is 0.0847. The molecule has 0 aliphatic carbocycles. The van der Waals surface area contributed by atoms with Gasteiger partial charge < -0.3 is 14.7 Å². The highest BCUT2D eigenvalue weighted by atomic mass is 16.5. The number of aromatic nitrogens is 1. The van der Waals surface area contributed by atoms with Gasteiger partial charge in [0.05, 0.1) is 11.7 Å². The van der Waals surface area contributed by atoms with Crippen LogP contribution >= 0.6 is 0 Å². The van der Waals surface area contributed by atoms with Crippen LogP contribution in [0.25, 0.3) is 0 Å². The molecule has 1 aromatic rings. The lowest BCUT2D eigenvalue weighted by atomic mass is 10.1. The third kappa shape index (κ3) is 3.93. The van der Waals surface area contributed by atoms with Gasteiger partial charge in [0.1, 0.15) is 5.60 Å². The van der Waals surface area contributed by atoms with Crippen molar-refractivity contribution in [2.75, 3.05) is 13.1 Å². The Labute approximate surface area is 119 Å². The number of nitrogens with zero attached hydrogens (tertiary/aromatic N) is 2. The molecule has 110 valence electrons. The third-order valence-electron chi connectivity index (χ3n) is 3.08. The van der Waals surface area contributed by atoms with Crippen LogP contribution in [0.2, 0.25) is 0 Å². The zero-order valence-corrected chi connectivity index (χ0v) is 12.3. The number of likely N-dealkylation sites (tertiary alicyclic amines) is 1. The van der Waals surface area contributed by atoms with Crippen molar-refractivity contribution in [2.24, 2.45) is 0 Å². The molecule has 0 spiro atoms. The Hall–Kier alpha value is -1.62. The van der Waals surface area contributed by atoms with Gasteiger partial charge in [-0.05, 0) is 39.7 Å². The molecule has 1 N–H and O–H groups in total. The molecule has 1 amide bonds. The van der Waals surface area contributed by atoms with Gasteiger partial charge in [-0.1, -0.05) is 0 Å². The third-order valence-corrected chi connectivity index (χ3v) is 3.08. The van der Waals surface area contributed by atoms with Crippen molar-refractivity contribution in [3.63, 3.8) is 0 Å². The van der Waals surface area contributed by atoms with Crippen LogP contribution in [-0.2, 0) is 0 Å². The SMILES string of the molecule is CC(C)(C)Oc1ccc(C(=O)N2CCCC(O)C2)cn1. The minimum Gasteiger partial charge on any atom is -0.472 e. The van der Waals surface area contributed by atoms with Crippen LogP contribution in [-0.4, -0.2) is 45.7 Å². The number of amides is 1. The molecule has 1 aliphatic heterocycles. The molecule has 2 heterocycles. The van der Waals surface area contributed by atoms with E-state index in [1.54, 1.807) is 17.0 Å². The number of hydrogen-bond donors (Lipinski definition) is 1. The lowest BCUT2D eigenvalue weighted by molar-refractivity contribution is 0.0473. The summed E-state index contributed by atoms with van der Waals surface area (Å²) in [6.45, 7) is 6.93. The van der Waals surface area contributed by atoms with Crippen molar-refractivity contribution in [2.45, 2.75) is 45.3 Å². The van der Waals surface area contributed by atoms with Crippen molar-refractivity contribution in [1.82, 2.24) is 9.88 Å². The van der Waals surface area contributed by atoms with E-state index >= 15 is 0 Å². The fourth-order valence-electron chi connectivity index (χ4n) is 2.20. The molecule has 5 heteroatoms. The van der Waals surface area contributed by atoms with E-state index < -0.39 is 6.10 Å². The number of carbonyl (C=O) groups is 1. The molecule has 0 saturated carbocycles. The molecule has 1 saturated heterocycles. The van der Waals surface area contributed by atoms with Crippen LogP contribution in [0, 0.1) is 0 Å². The van der Waals surface area contributed by atoms with Gasteiger partial charge in [-0.25, -0.2) is 4.98 Å². The van der Waals surface area contributed by atoms with Gasteiger partial charge in [-0.2, -0.15) is 0 Å². The average Bonchev–Trinajstić information content (AvgIpc) is 2.37. The van der Waals surface area contributed by atoms with Crippen molar-refractivity contribution >= 4 is 5.91 Å². The number of β-amino-alcohol motifs (C(OH)–C–C–N with tert-alkyl or cyclic N) is 1. The van der Waals surface area contributed by atoms with Crippen LogP contribution in [0.3, 0.4) is 0 Å². The van der Waals surface area contributed by atoms with E-state index in [9.17, 15) is 9.90 Å². The summed E-state index contributed by atoms with van der Waals surface area (Å²) in [6, 6.07) is 3.43. The summed E-state index contributed by atoms with van der Waals surface area (Å²) < 4.78 is 5.62. The average molecular weight is 278 g/mol. The standard InChI is InChI=1S/C15H22N2O3/c1-15(2,3)20-13-7-6-11(9-16-13)14(19)17-8-4-5-12(18)10-17/h6-7,9,12,18H,4-5,8,10H2,1-3H3. The van der Waals surface area contributed by atoms with Crippen molar-refractivity contribution < 1.29 is 14.6 Å². The highest BCUT2D eigenvalue weighted by Gasteiger charge is 2.23. The number of pyridine rings is 1. The van der Waals surface area contributed by atoms with E-state index in [2.05, 4.69) is 4.98 Å². The lowest BCUT2D eigenvalue weighted by Crippen LogP contribution is -2.42. The first kappa shape index (κ1) is 14.8. The summed E-state index contributed by atoms with van der Waals surface area (Å²) in [5.41, 5.74) is 0.218. The van der Waals surface area contributed by atoms with E-state index in [4.69, 9.17) is 4.74 Å². The Bertz CT molecular complexity index is 465. The summed E-state index contributed by atoms with van der Waals surface area (Å²) in [6.07, 6.45) is 2.72. The first-order valence-electron chi connectivity index (χ1n) is 6.97. The van der Waals surface area contributed by atoms with Crippen molar-refractivity contribution in [1.29, 1.82) is 0 Å². The van der Waals surface area contributed by atoms with Gasteiger partial charge >= 0.3 is 0 Å². The highest BCUT2D eigenvalue weighted by Crippen LogP contribution is 2.17. The second kappa shape index (κ2) is 5.79. The summed E-state index contributed by atoms with van der Waals surface area (Å²) in [5, 5.41) is 9.62. The Kier molecular flexibility index (Phi) is 4.28. The molecule has 1 fully saturated rings. The number of rotatable bonds is 2. The van der Waals surface area contributed by atoms with Crippen molar-refractivity contribution in [3.8, 4) is 5.88 Å². The van der Waals surface area contributed by atoms with Gasteiger partial charge in [-0.3, -0.25) is 4.79 Å². The number of carbonyl (C=O) groups excluding carboxylic acids is 1. The topological polar surface area (TPSA) is 62.7 Å². The number of ether oxygens (including phenoxy) is 1. The van der Waals surface area contributed by atoms with E-state index in [1.807, 2.05) is 20.8 Å². The Balaban J connectivity index is 2.04. The van der Waals surface area contributed by atoms with Crippen LogP contribution in [0.15, 0.2) is 18.3 Å². The monoisotopic (exact) mass is 278 g/mol. The molecule has 5 nitrogen and oxygen atoms in total. The molecule has 1 unspecified atom stereocenters. The molecule has 1 atom stereocenters. The van der Waals surface area contributed by atoms with Crippen LogP contribution in [0.5, 0.6) is 5.88 Å². The number of hydrogen-bond acceptors (Lipinski definition) is 4. The number of piperidine rings is 1. The number of aliphatic hydroxyl groups is 1. The van der Waals surface area contributed by atoms with Gasteiger partial charge in [0.2, 0.25) is 5.88 Å². The normalized spacial score (nSPS) is 19.8.